The standard InChI is InChI=1S/C8H14O3.C7H12O4.C5H8O3/c1-7(2)8(10)11-6-4-3-5-9;1-5(2)7(10)11-4-6(9)3-8;1-2-5(7)8-4-3-6/h9H,1,3-6H2,2H3;6,8-9H,1,3-4H2,2H3;2,6H,1,3-4H2. The van der Waals surface area contributed by atoms with E-state index in [-0.39, 0.29) is 38.0 Å². The number of carbonyl (C=O) groups excluding carboxylic acids is 3. The van der Waals surface area contributed by atoms with Crippen molar-refractivity contribution < 1.29 is 49.0 Å². The zero-order chi connectivity index (χ0) is 23.9. The highest BCUT2D eigenvalue weighted by Gasteiger charge is 2.07. The Bertz CT molecular complexity index is 528. The summed E-state index contributed by atoms with van der Waals surface area (Å²) in [7, 11) is 0. The summed E-state index contributed by atoms with van der Waals surface area (Å²) in [6.45, 7) is 12.9. The molecule has 0 saturated heterocycles. The second-order valence-electron chi connectivity index (χ2n) is 5.66. The fourth-order valence-electron chi connectivity index (χ4n) is 1.05. The van der Waals surface area contributed by atoms with E-state index in [1.54, 1.807) is 6.92 Å². The first kappa shape index (κ1) is 32.1. The van der Waals surface area contributed by atoms with Crippen LogP contribution in [0.25, 0.3) is 0 Å². The lowest BCUT2D eigenvalue weighted by Gasteiger charge is -2.07. The van der Waals surface area contributed by atoms with E-state index in [1.165, 1.54) is 6.92 Å². The molecule has 10 heteroatoms. The van der Waals surface area contributed by atoms with Gasteiger partial charge in [0.25, 0.3) is 0 Å². The molecule has 0 aromatic carbocycles. The normalized spacial score (nSPS) is 10.1. The molecule has 0 aliphatic rings. The Kier molecular flexibility index (Phi) is 24.4. The van der Waals surface area contributed by atoms with Crippen molar-refractivity contribution in [2.24, 2.45) is 0 Å². The molecule has 0 amide bonds. The molecule has 0 radical (unpaired) electrons. The monoisotopic (exact) mass is 434 g/mol. The number of unbranched alkanes of at least 4 members (excludes halogenated alkanes) is 1. The van der Waals surface area contributed by atoms with Gasteiger partial charge >= 0.3 is 17.9 Å². The van der Waals surface area contributed by atoms with Gasteiger partial charge in [-0.3, -0.25) is 0 Å². The van der Waals surface area contributed by atoms with Crippen molar-refractivity contribution in [2.45, 2.75) is 32.8 Å². The van der Waals surface area contributed by atoms with Crippen LogP contribution in [0.5, 0.6) is 0 Å². The van der Waals surface area contributed by atoms with E-state index in [4.69, 9.17) is 25.2 Å². The topological polar surface area (TPSA) is 160 Å². The van der Waals surface area contributed by atoms with E-state index in [9.17, 15) is 14.4 Å². The van der Waals surface area contributed by atoms with Gasteiger partial charge in [0, 0.05) is 23.8 Å². The maximum Gasteiger partial charge on any atom is 0.333 e. The second-order valence-corrected chi connectivity index (χ2v) is 5.66. The van der Waals surface area contributed by atoms with Crippen LogP contribution in [-0.4, -0.2) is 84.1 Å². The summed E-state index contributed by atoms with van der Waals surface area (Å²) in [5.74, 6) is -1.42. The Hall–Kier alpha value is -2.53. The van der Waals surface area contributed by atoms with Crippen LogP contribution in [-0.2, 0) is 28.6 Å². The summed E-state index contributed by atoms with van der Waals surface area (Å²) in [6, 6.07) is 0. The van der Waals surface area contributed by atoms with Crippen molar-refractivity contribution in [2.75, 3.05) is 39.6 Å². The maximum absolute atomic E-state index is 10.7. The Morgan fingerprint density at radius 1 is 0.867 bits per heavy atom. The van der Waals surface area contributed by atoms with Gasteiger partial charge in [0.1, 0.15) is 19.3 Å². The first-order valence-corrected chi connectivity index (χ1v) is 9.02. The van der Waals surface area contributed by atoms with E-state index >= 15 is 0 Å². The minimum Gasteiger partial charge on any atom is -0.462 e. The molecule has 0 aliphatic carbocycles. The lowest BCUT2D eigenvalue weighted by Crippen LogP contribution is -2.22. The van der Waals surface area contributed by atoms with E-state index < -0.39 is 24.6 Å². The van der Waals surface area contributed by atoms with Gasteiger partial charge in [0.05, 0.1) is 19.8 Å². The number of carbonyl (C=O) groups is 3. The largest absolute Gasteiger partial charge is 0.462 e. The highest BCUT2D eigenvalue weighted by Crippen LogP contribution is 1.95. The molecular formula is C20H34O10. The predicted molar refractivity (Wildman–Crippen MR) is 109 cm³/mol. The second kappa shape index (κ2) is 22.8. The highest BCUT2D eigenvalue weighted by atomic mass is 16.5. The SMILES string of the molecule is C=C(C)C(=O)OCC(O)CO.C=C(C)C(=O)OCCCCO.C=CC(=O)OCCO. The van der Waals surface area contributed by atoms with Crippen LogP contribution in [0.1, 0.15) is 26.7 Å². The van der Waals surface area contributed by atoms with Gasteiger partial charge in [0.15, 0.2) is 0 Å². The number of ether oxygens (including phenoxy) is 3. The molecule has 0 rings (SSSR count). The zero-order valence-electron chi connectivity index (χ0n) is 17.7. The van der Waals surface area contributed by atoms with Gasteiger partial charge in [-0.2, -0.15) is 0 Å². The molecule has 0 spiro atoms. The van der Waals surface area contributed by atoms with Gasteiger partial charge < -0.3 is 34.6 Å². The van der Waals surface area contributed by atoms with Gasteiger partial charge in [0.2, 0.25) is 0 Å². The molecule has 1 atom stereocenters. The number of rotatable bonds is 12. The Labute approximate surface area is 177 Å². The third-order valence-electron chi connectivity index (χ3n) is 2.60. The van der Waals surface area contributed by atoms with Crippen molar-refractivity contribution in [1.29, 1.82) is 0 Å². The van der Waals surface area contributed by atoms with E-state index in [2.05, 4.69) is 29.2 Å². The molecule has 30 heavy (non-hydrogen) atoms. The molecule has 0 heterocycles. The number of aliphatic hydroxyl groups excluding tert-OH is 4. The molecular weight excluding hydrogens is 400 g/mol. The van der Waals surface area contributed by atoms with Crippen LogP contribution < -0.4 is 0 Å². The first-order chi connectivity index (χ1) is 14.1. The van der Waals surface area contributed by atoms with Gasteiger partial charge in [-0.05, 0) is 26.7 Å². The molecule has 0 saturated carbocycles. The number of hydrogen-bond donors (Lipinski definition) is 4. The molecule has 174 valence electrons. The molecule has 0 bridgehead atoms. The fraction of sp³-hybridized carbons (Fsp3) is 0.550. The third kappa shape index (κ3) is 25.5. The molecule has 4 N–H and O–H groups in total. The highest BCUT2D eigenvalue weighted by molar-refractivity contribution is 5.87. The fourth-order valence-corrected chi connectivity index (χ4v) is 1.05. The molecule has 1 unspecified atom stereocenters. The van der Waals surface area contributed by atoms with Crippen LogP contribution >= 0.6 is 0 Å². The van der Waals surface area contributed by atoms with E-state index in [1.807, 2.05) is 0 Å². The molecule has 0 fully saturated rings. The van der Waals surface area contributed by atoms with Crippen molar-refractivity contribution in [3.8, 4) is 0 Å². The first-order valence-electron chi connectivity index (χ1n) is 9.02. The van der Waals surface area contributed by atoms with Crippen LogP contribution in [0.15, 0.2) is 37.0 Å². The van der Waals surface area contributed by atoms with Crippen molar-refractivity contribution in [1.82, 2.24) is 0 Å². The number of esters is 3. The van der Waals surface area contributed by atoms with Gasteiger partial charge in [-0.25, -0.2) is 14.4 Å². The number of aliphatic hydroxyl groups is 4. The number of hydrogen-bond acceptors (Lipinski definition) is 10. The zero-order valence-corrected chi connectivity index (χ0v) is 17.7. The molecule has 10 nitrogen and oxygen atoms in total. The van der Waals surface area contributed by atoms with Crippen molar-refractivity contribution >= 4 is 17.9 Å². The van der Waals surface area contributed by atoms with Crippen LogP contribution in [0, 0.1) is 0 Å². The quantitative estimate of drug-likeness (QED) is 0.143. The average molecular weight is 434 g/mol. The minimum absolute atomic E-state index is 0.0465. The van der Waals surface area contributed by atoms with Gasteiger partial charge in [-0.1, -0.05) is 19.7 Å². The van der Waals surface area contributed by atoms with Gasteiger partial charge in [-0.15, -0.1) is 0 Å². The Balaban J connectivity index is -0.000000370. The van der Waals surface area contributed by atoms with Crippen LogP contribution in [0.3, 0.4) is 0 Å². The maximum atomic E-state index is 10.7. The summed E-state index contributed by atoms with van der Waals surface area (Å²) in [5.41, 5.74) is 0.684. The lowest BCUT2D eigenvalue weighted by atomic mass is 10.3. The summed E-state index contributed by atoms with van der Waals surface area (Å²) < 4.78 is 13.6. The third-order valence-corrected chi connectivity index (χ3v) is 2.60. The van der Waals surface area contributed by atoms with Crippen molar-refractivity contribution in [3.63, 3.8) is 0 Å². The molecule has 0 aliphatic heterocycles. The van der Waals surface area contributed by atoms with E-state index in [0.717, 1.165) is 6.08 Å². The smallest absolute Gasteiger partial charge is 0.333 e. The predicted octanol–water partition coefficient (Wildman–Crippen LogP) is 0.0450. The summed E-state index contributed by atoms with van der Waals surface area (Å²) in [6.07, 6.45) is 1.42. The molecule has 0 aromatic rings. The summed E-state index contributed by atoms with van der Waals surface area (Å²) in [5, 5.41) is 33.5. The average Bonchev–Trinajstić information content (AvgIpc) is 2.73. The Morgan fingerprint density at radius 3 is 1.80 bits per heavy atom. The van der Waals surface area contributed by atoms with Crippen LogP contribution in [0.2, 0.25) is 0 Å². The summed E-state index contributed by atoms with van der Waals surface area (Å²) in [4.78, 5) is 31.5. The summed E-state index contributed by atoms with van der Waals surface area (Å²) >= 11 is 0. The van der Waals surface area contributed by atoms with Crippen LogP contribution in [0.4, 0.5) is 0 Å². The van der Waals surface area contributed by atoms with Crippen molar-refractivity contribution in [3.05, 3.63) is 37.0 Å². The lowest BCUT2D eigenvalue weighted by molar-refractivity contribution is -0.142. The molecule has 0 aromatic heterocycles. The minimum atomic E-state index is -1.00. The van der Waals surface area contributed by atoms with E-state index in [0.29, 0.717) is 25.0 Å². The Morgan fingerprint density at radius 2 is 1.40 bits per heavy atom.